The molecule has 1 unspecified atom stereocenters. The number of H-pyrrole nitrogens is 1. The van der Waals surface area contributed by atoms with E-state index in [-0.39, 0.29) is 17.9 Å². The van der Waals surface area contributed by atoms with E-state index < -0.39 is 5.92 Å². The van der Waals surface area contributed by atoms with Gasteiger partial charge in [-0.05, 0) is 12.6 Å². The maximum absolute atomic E-state index is 13.1. The van der Waals surface area contributed by atoms with Crippen molar-refractivity contribution in [3.63, 3.8) is 0 Å². The summed E-state index contributed by atoms with van der Waals surface area (Å²) in [7, 11) is 3.11. The standard InChI is InChI=1S/C21H27N5O4/c1-4-25-8-10-26(11-9-25)21-23-19-17(20(28)24-21)14(12-16(27)22-19)13-6-5-7-15(29-2)18(13)30-3/h5-7,14H,4,8-12H2,1-3H3,(H2,22,23,24,27,28). The Morgan fingerprint density at radius 2 is 1.90 bits per heavy atom. The molecule has 2 N–H and O–H groups in total. The number of carbonyl (C=O) groups is 1. The normalized spacial score (nSPS) is 19.2. The topological polar surface area (TPSA) is 99.8 Å². The largest absolute Gasteiger partial charge is 0.493 e. The third-order valence-electron chi connectivity index (χ3n) is 5.87. The monoisotopic (exact) mass is 413 g/mol. The van der Waals surface area contributed by atoms with Crippen LogP contribution in [-0.4, -0.2) is 67.7 Å². The highest BCUT2D eigenvalue weighted by Gasteiger charge is 2.34. The lowest BCUT2D eigenvalue weighted by Crippen LogP contribution is -2.47. The van der Waals surface area contributed by atoms with Crippen LogP contribution in [0.4, 0.5) is 11.8 Å². The number of benzene rings is 1. The van der Waals surface area contributed by atoms with E-state index in [0.717, 1.165) is 38.3 Å². The van der Waals surface area contributed by atoms with E-state index in [1.54, 1.807) is 20.3 Å². The van der Waals surface area contributed by atoms with Crippen molar-refractivity contribution in [3.8, 4) is 11.5 Å². The molecule has 160 valence electrons. The van der Waals surface area contributed by atoms with Crippen molar-refractivity contribution in [1.82, 2.24) is 14.9 Å². The number of likely N-dealkylation sites (N-methyl/N-ethyl adjacent to an activating group) is 1. The van der Waals surface area contributed by atoms with Gasteiger partial charge in [-0.15, -0.1) is 0 Å². The number of aromatic amines is 1. The predicted octanol–water partition coefficient (Wildman–Crippen LogP) is 1.40. The second kappa shape index (κ2) is 8.35. The number of amides is 1. The molecule has 30 heavy (non-hydrogen) atoms. The number of piperazine rings is 1. The fourth-order valence-corrected chi connectivity index (χ4v) is 4.24. The Kier molecular flexibility index (Phi) is 5.63. The summed E-state index contributed by atoms with van der Waals surface area (Å²) in [6, 6.07) is 5.46. The van der Waals surface area contributed by atoms with Crippen LogP contribution in [0.5, 0.6) is 11.5 Å². The molecule has 2 aliphatic rings. The number of fused-ring (bicyclic) bond motifs is 1. The lowest BCUT2D eigenvalue weighted by molar-refractivity contribution is -0.116. The van der Waals surface area contributed by atoms with Crippen molar-refractivity contribution in [2.45, 2.75) is 19.3 Å². The zero-order valence-corrected chi connectivity index (χ0v) is 17.5. The molecule has 0 saturated carbocycles. The van der Waals surface area contributed by atoms with Gasteiger partial charge in [-0.1, -0.05) is 19.1 Å². The summed E-state index contributed by atoms with van der Waals surface area (Å²) in [5, 5.41) is 2.79. The van der Waals surface area contributed by atoms with Gasteiger partial charge in [-0.3, -0.25) is 14.6 Å². The SMILES string of the molecule is CCN1CCN(c2nc3c(c(=O)[nH]2)C(c2cccc(OC)c2OC)CC(=O)N3)CC1. The molecule has 0 aliphatic carbocycles. The second-order valence-electron chi connectivity index (χ2n) is 7.46. The third-order valence-corrected chi connectivity index (χ3v) is 5.87. The zero-order chi connectivity index (χ0) is 21.3. The fourth-order valence-electron chi connectivity index (χ4n) is 4.24. The molecule has 0 radical (unpaired) electrons. The van der Waals surface area contributed by atoms with Crippen molar-refractivity contribution in [3.05, 3.63) is 39.7 Å². The minimum atomic E-state index is -0.471. The lowest BCUT2D eigenvalue weighted by atomic mass is 9.86. The van der Waals surface area contributed by atoms with Gasteiger partial charge >= 0.3 is 0 Å². The number of carbonyl (C=O) groups excluding carboxylic acids is 1. The van der Waals surface area contributed by atoms with Gasteiger partial charge in [0.1, 0.15) is 5.82 Å². The average molecular weight is 413 g/mol. The van der Waals surface area contributed by atoms with Crippen LogP contribution in [0.2, 0.25) is 0 Å². The number of ether oxygens (including phenoxy) is 2. The van der Waals surface area contributed by atoms with Crippen molar-refractivity contribution in [2.24, 2.45) is 0 Å². The smallest absolute Gasteiger partial charge is 0.258 e. The van der Waals surface area contributed by atoms with Crippen LogP contribution in [0.25, 0.3) is 0 Å². The quantitative estimate of drug-likeness (QED) is 0.764. The van der Waals surface area contributed by atoms with Crippen molar-refractivity contribution in [2.75, 3.05) is 57.2 Å². The first-order valence-corrected chi connectivity index (χ1v) is 10.2. The highest BCUT2D eigenvalue weighted by molar-refractivity contribution is 5.94. The van der Waals surface area contributed by atoms with Crippen LogP contribution in [0.3, 0.4) is 0 Å². The van der Waals surface area contributed by atoms with Gasteiger partial charge in [0.25, 0.3) is 5.56 Å². The first-order chi connectivity index (χ1) is 14.5. The number of anilines is 2. The number of nitrogens with one attached hydrogen (secondary N) is 2. The molecule has 9 heteroatoms. The Hall–Kier alpha value is -3.07. The number of nitrogens with zero attached hydrogens (tertiary/aromatic N) is 3. The Balaban J connectivity index is 1.74. The average Bonchev–Trinajstić information content (AvgIpc) is 2.77. The molecule has 3 heterocycles. The number of aromatic nitrogens is 2. The van der Waals surface area contributed by atoms with E-state index in [9.17, 15) is 9.59 Å². The van der Waals surface area contributed by atoms with Crippen LogP contribution in [-0.2, 0) is 4.79 Å². The Bertz CT molecular complexity index is 997. The number of rotatable bonds is 5. The van der Waals surface area contributed by atoms with Crippen molar-refractivity contribution in [1.29, 1.82) is 0 Å². The first-order valence-electron chi connectivity index (χ1n) is 10.2. The molecule has 9 nitrogen and oxygen atoms in total. The second-order valence-corrected chi connectivity index (χ2v) is 7.46. The maximum atomic E-state index is 13.1. The van der Waals surface area contributed by atoms with E-state index in [4.69, 9.17) is 9.47 Å². The van der Waals surface area contributed by atoms with E-state index in [1.165, 1.54) is 0 Å². The molecule has 0 bridgehead atoms. The molecule has 1 aromatic heterocycles. The minimum absolute atomic E-state index is 0.135. The summed E-state index contributed by atoms with van der Waals surface area (Å²) in [6.45, 7) is 6.51. The van der Waals surface area contributed by atoms with Crippen LogP contribution in [0.1, 0.15) is 30.4 Å². The van der Waals surface area contributed by atoms with Crippen LogP contribution < -0.4 is 25.2 Å². The van der Waals surface area contributed by atoms with Gasteiger partial charge in [0.05, 0.1) is 19.8 Å². The van der Waals surface area contributed by atoms with Gasteiger partial charge < -0.3 is 24.6 Å². The van der Waals surface area contributed by atoms with Gasteiger partial charge in [-0.2, -0.15) is 4.98 Å². The lowest BCUT2D eigenvalue weighted by Gasteiger charge is -2.35. The molecule has 4 rings (SSSR count). The molecule has 1 saturated heterocycles. The summed E-state index contributed by atoms with van der Waals surface area (Å²) in [6.07, 6.45) is 0.135. The van der Waals surface area contributed by atoms with Crippen LogP contribution in [0.15, 0.2) is 23.0 Å². The number of methoxy groups -OCH3 is 2. The van der Waals surface area contributed by atoms with E-state index in [0.29, 0.717) is 28.8 Å². The summed E-state index contributed by atoms with van der Waals surface area (Å²) >= 11 is 0. The van der Waals surface area contributed by atoms with E-state index in [2.05, 4.69) is 32.0 Å². The first kappa shape index (κ1) is 20.2. The minimum Gasteiger partial charge on any atom is -0.493 e. The third kappa shape index (κ3) is 3.60. The Morgan fingerprint density at radius 3 is 2.57 bits per heavy atom. The Labute approximate surface area is 175 Å². The van der Waals surface area contributed by atoms with Gasteiger partial charge in [-0.25, -0.2) is 0 Å². The summed E-state index contributed by atoms with van der Waals surface area (Å²) in [4.78, 5) is 37.6. The van der Waals surface area contributed by atoms with Crippen LogP contribution >= 0.6 is 0 Å². The van der Waals surface area contributed by atoms with Crippen molar-refractivity contribution < 1.29 is 14.3 Å². The van der Waals surface area contributed by atoms with E-state index in [1.807, 2.05) is 12.1 Å². The summed E-state index contributed by atoms with van der Waals surface area (Å²) in [5.41, 5.74) is 0.921. The summed E-state index contributed by atoms with van der Waals surface area (Å²) < 4.78 is 10.9. The van der Waals surface area contributed by atoms with Gasteiger partial charge in [0.2, 0.25) is 11.9 Å². The molecule has 0 spiro atoms. The molecule has 1 amide bonds. The molecular weight excluding hydrogens is 386 g/mol. The van der Waals surface area contributed by atoms with E-state index >= 15 is 0 Å². The summed E-state index contributed by atoms with van der Waals surface area (Å²) in [5.74, 6) is 1.23. The number of hydrogen-bond donors (Lipinski definition) is 2. The Morgan fingerprint density at radius 1 is 1.13 bits per heavy atom. The predicted molar refractivity (Wildman–Crippen MR) is 114 cm³/mol. The molecule has 2 aliphatic heterocycles. The molecule has 2 aromatic rings. The highest BCUT2D eigenvalue weighted by Crippen LogP contribution is 2.42. The zero-order valence-electron chi connectivity index (χ0n) is 17.5. The molecular formula is C21H27N5O4. The number of para-hydroxylation sites is 1. The molecule has 1 atom stereocenters. The highest BCUT2D eigenvalue weighted by atomic mass is 16.5. The molecule has 1 aromatic carbocycles. The fraction of sp³-hybridized carbons (Fsp3) is 0.476. The van der Waals surface area contributed by atoms with Gasteiger partial charge in [0, 0.05) is 44.1 Å². The van der Waals surface area contributed by atoms with Crippen LogP contribution in [0, 0.1) is 0 Å². The van der Waals surface area contributed by atoms with Gasteiger partial charge in [0.15, 0.2) is 11.5 Å². The van der Waals surface area contributed by atoms with Crippen molar-refractivity contribution >= 4 is 17.7 Å². The maximum Gasteiger partial charge on any atom is 0.258 e. The number of hydrogen-bond acceptors (Lipinski definition) is 7. The molecule has 1 fully saturated rings.